The summed E-state index contributed by atoms with van der Waals surface area (Å²) in [6.45, 7) is 13.2. The molecule has 0 aromatic heterocycles. The van der Waals surface area contributed by atoms with Crippen LogP contribution in [0, 0.1) is 28.5 Å². The first-order valence-corrected chi connectivity index (χ1v) is 8.99. The second kappa shape index (κ2) is 10.1. The third-order valence-electron chi connectivity index (χ3n) is 4.49. The quantitative estimate of drug-likeness (QED) is 0.381. The molecule has 0 bridgehead atoms. The van der Waals surface area contributed by atoms with Gasteiger partial charge in [0.2, 0.25) is 0 Å². The molecule has 0 amide bonds. The molecule has 1 aromatic rings. The Bertz CT molecular complexity index is 654. The number of rotatable bonds is 10. The summed E-state index contributed by atoms with van der Waals surface area (Å²) in [6, 6.07) is 6.22. The zero-order chi connectivity index (χ0) is 19.7. The van der Waals surface area contributed by atoms with E-state index in [0.29, 0.717) is 18.0 Å². The van der Waals surface area contributed by atoms with E-state index in [1.54, 1.807) is 12.1 Å². The van der Waals surface area contributed by atoms with Crippen LogP contribution in [-0.2, 0) is 0 Å². The Hall–Kier alpha value is -2.20. The monoisotopic (exact) mass is 357 g/mol. The summed E-state index contributed by atoms with van der Waals surface area (Å²) in [7, 11) is 0. The van der Waals surface area contributed by atoms with Gasteiger partial charge in [0.1, 0.15) is 5.82 Å². The molecule has 0 radical (unpaired) electrons. The highest BCUT2D eigenvalue weighted by Crippen LogP contribution is 2.37. The number of nitrogens with two attached hydrogens (primary N) is 1. The minimum Gasteiger partial charge on any atom is -0.362 e. The fraction of sp³-hybridized carbons (Fsp3) is 0.409. The molecule has 142 valence electrons. The SMILES string of the molecule is C=C(C=N)/C=C(\C=C/Nc1ccc(F)cc1)C(CC(C)C)C(C)(C)CN. The fourth-order valence-electron chi connectivity index (χ4n) is 2.82. The van der Waals surface area contributed by atoms with E-state index in [0.717, 1.165) is 17.7 Å². The van der Waals surface area contributed by atoms with Crippen molar-refractivity contribution in [3.05, 3.63) is 66.2 Å². The molecule has 0 saturated carbocycles. The van der Waals surface area contributed by atoms with Gasteiger partial charge in [0.05, 0.1) is 0 Å². The molecule has 0 heterocycles. The summed E-state index contributed by atoms with van der Waals surface area (Å²) < 4.78 is 13.0. The summed E-state index contributed by atoms with van der Waals surface area (Å²) in [5, 5.41) is 10.6. The van der Waals surface area contributed by atoms with E-state index >= 15 is 0 Å². The first-order valence-electron chi connectivity index (χ1n) is 8.99. The van der Waals surface area contributed by atoms with E-state index in [1.807, 2.05) is 18.4 Å². The van der Waals surface area contributed by atoms with Crippen molar-refractivity contribution in [1.29, 1.82) is 5.41 Å². The summed E-state index contributed by atoms with van der Waals surface area (Å²) in [5.74, 6) is 0.487. The van der Waals surface area contributed by atoms with Crippen molar-refractivity contribution in [2.24, 2.45) is 23.0 Å². The van der Waals surface area contributed by atoms with Gasteiger partial charge in [0.15, 0.2) is 0 Å². The van der Waals surface area contributed by atoms with Crippen molar-refractivity contribution >= 4 is 11.9 Å². The summed E-state index contributed by atoms with van der Waals surface area (Å²) in [4.78, 5) is 0. The number of halogens is 1. The average molecular weight is 358 g/mol. The Morgan fingerprint density at radius 3 is 2.42 bits per heavy atom. The van der Waals surface area contributed by atoms with Crippen LogP contribution in [-0.4, -0.2) is 12.8 Å². The van der Waals surface area contributed by atoms with Crippen molar-refractivity contribution in [3.8, 4) is 0 Å². The zero-order valence-electron chi connectivity index (χ0n) is 16.4. The van der Waals surface area contributed by atoms with Crippen molar-refractivity contribution in [2.45, 2.75) is 34.1 Å². The van der Waals surface area contributed by atoms with E-state index in [4.69, 9.17) is 11.1 Å². The molecular formula is C22H32FN3. The minimum absolute atomic E-state index is 0.0847. The Balaban J connectivity index is 3.13. The highest BCUT2D eigenvalue weighted by molar-refractivity contribution is 5.79. The molecule has 1 aromatic carbocycles. The van der Waals surface area contributed by atoms with Gasteiger partial charge < -0.3 is 16.5 Å². The number of nitrogens with one attached hydrogen (secondary N) is 2. The van der Waals surface area contributed by atoms with Crippen molar-refractivity contribution in [1.82, 2.24) is 0 Å². The van der Waals surface area contributed by atoms with E-state index < -0.39 is 0 Å². The maximum absolute atomic E-state index is 13.0. The van der Waals surface area contributed by atoms with Crippen LogP contribution in [0.5, 0.6) is 0 Å². The molecule has 0 saturated heterocycles. The second-order valence-corrected chi connectivity index (χ2v) is 7.72. The average Bonchev–Trinajstić information content (AvgIpc) is 2.60. The number of benzene rings is 1. The van der Waals surface area contributed by atoms with Crippen LogP contribution in [0.2, 0.25) is 0 Å². The summed E-state index contributed by atoms with van der Waals surface area (Å²) in [6.07, 6.45) is 8.03. The minimum atomic E-state index is -0.260. The van der Waals surface area contributed by atoms with Gasteiger partial charge in [-0.15, -0.1) is 0 Å². The second-order valence-electron chi connectivity index (χ2n) is 7.72. The van der Waals surface area contributed by atoms with Gasteiger partial charge in [0, 0.05) is 18.1 Å². The molecule has 1 unspecified atom stereocenters. The van der Waals surface area contributed by atoms with Crippen LogP contribution in [0.1, 0.15) is 34.1 Å². The molecule has 3 nitrogen and oxygen atoms in total. The topological polar surface area (TPSA) is 61.9 Å². The number of hydrogen-bond donors (Lipinski definition) is 3. The molecule has 1 rings (SSSR count). The molecule has 0 spiro atoms. The third kappa shape index (κ3) is 6.96. The van der Waals surface area contributed by atoms with Gasteiger partial charge in [-0.25, -0.2) is 4.39 Å². The van der Waals surface area contributed by atoms with Crippen LogP contribution in [0.15, 0.2) is 60.3 Å². The van der Waals surface area contributed by atoms with E-state index in [9.17, 15) is 4.39 Å². The molecule has 26 heavy (non-hydrogen) atoms. The Labute approximate surface area is 157 Å². The molecule has 4 N–H and O–H groups in total. The molecule has 0 fully saturated rings. The van der Waals surface area contributed by atoms with Gasteiger partial charge in [-0.3, -0.25) is 0 Å². The lowest BCUT2D eigenvalue weighted by atomic mass is 9.70. The molecular weight excluding hydrogens is 325 g/mol. The third-order valence-corrected chi connectivity index (χ3v) is 4.49. The largest absolute Gasteiger partial charge is 0.362 e. The van der Waals surface area contributed by atoms with Crippen LogP contribution >= 0.6 is 0 Å². The summed E-state index contributed by atoms with van der Waals surface area (Å²) >= 11 is 0. The zero-order valence-corrected chi connectivity index (χ0v) is 16.4. The summed E-state index contributed by atoms with van der Waals surface area (Å²) in [5.41, 5.74) is 8.50. The Morgan fingerprint density at radius 1 is 1.31 bits per heavy atom. The van der Waals surface area contributed by atoms with E-state index in [2.05, 4.69) is 39.6 Å². The maximum atomic E-state index is 13.0. The number of hydrogen-bond acceptors (Lipinski definition) is 3. The fourth-order valence-corrected chi connectivity index (χ4v) is 2.82. The van der Waals surface area contributed by atoms with Crippen LogP contribution in [0.4, 0.5) is 10.1 Å². The lowest BCUT2D eigenvalue weighted by Crippen LogP contribution is -2.34. The van der Waals surface area contributed by atoms with Crippen molar-refractivity contribution in [3.63, 3.8) is 0 Å². The first-order chi connectivity index (χ1) is 12.2. The molecule has 4 heteroatoms. The Kier molecular flexibility index (Phi) is 8.46. The van der Waals surface area contributed by atoms with Crippen molar-refractivity contribution < 1.29 is 4.39 Å². The molecule has 0 aliphatic heterocycles. The highest BCUT2D eigenvalue weighted by atomic mass is 19.1. The highest BCUT2D eigenvalue weighted by Gasteiger charge is 2.30. The maximum Gasteiger partial charge on any atom is 0.123 e. The van der Waals surface area contributed by atoms with Crippen LogP contribution < -0.4 is 11.1 Å². The van der Waals surface area contributed by atoms with Gasteiger partial charge in [-0.1, -0.05) is 40.3 Å². The molecule has 0 aliphatic carbocycles. The lowest BCUT2D eigenvalue weighted by Gasteiger charge is -2.36. The van der Waals surface area contributed by atoms with Gasteiger partial charge >= 0.3 is 0 Å². The molecule has 0 aliphatic rings. The van der Waals surface area contributed by atoms with Crippen molar-refractivity contribution in [2.75, 3.05) is 11.9 Å². The predicted octanol–water partition coefficient (Wildman–Crippen LogP) is 5.53. The first kappa shape index (κ1) is 21.8. The molecule has 1 atom stereocenters. The predicted molar refractivity (Wildman–Crippen MR) is 111 cm³/mol. The smallest absolute Gasteiger partial charge is 0.123 e. The van der Waals surface area contributed by atoms with Gasteiger partial charge in [-0.2, -0.15) is 0 Å². The van der Waals surface area contributed by atoms with Crippen LogP contribution in [0.3, 0.4) is 0 Å². The standard InChI is InChI=1S/C22H32FN3/c1-16(2)12-21(22(4,5)15-25)18(13-17(3)14-24)10-11-26-20-8-6-19(23)7-9-20/h6-11,13-14,16,21,24,26H,3,12,15,25H2,1-2,4-5H3/b11-10-,18-13+,24-14?. The number of allylic oxidation sites excluding steroid dienone is 4. The van der Waals surface area contributed by atoms with Gasteiger partial charge in [-0.05, 0) is 71.7 Å². The number of anilines is 1. The Morgan fingerprint density at radius 2 is 1.92 bits per heavy atom. The lowest BCUT2D eigenvalue weighted by molar-refractivity contribution is 0.227. The van der Waals surface area contributed by atoms with E-state index in [-0.39, 0.29) is 17.2 Å². The normalized spacial score (nSPS) is 13.9. The van der Waals surface area contributed by atoms with E-state index in [1.165, 1.54) is 18.3 Å². The van der Waals surface area contributed by atoms with Gasteiger partial charge in [0.25, 0.3) is 0 Å². The van der Waals surface area contributed by atoms with Crippen LogP contribution in [0.25, 0.3) is 0 Å².